The first-order valence-electron chi connectivity index (χ1n) is 7.02. The first-order valence-corrected chi connectivity index (χ1v) is 7.02. The van der Waals surface area contributed by atoms with Crippen LogP contribution in [0.4, 0.5) is 0 Å². The Bertz CT molecular complexity index is 388. The number of nitrogens with two attached hydrogens (primary N) is 1. The summed E-state index contributed by atoms with van der Waals surface area (Å²) in [4.78, 5) is 0. The summed E-state index contributed by atoms with van der Waals surface area (Å²) in [5, 5.41) is 0. The van der Waals surface area contributed by atoms with E-state index in [1.54, 1.807) is 0 Å². The highest BCUT2D eigenvalue weighted by Crippen LogP contribution is 2.23. The van der Waals surface area contributed by atoms with Gasteiger partial charge >= 0.3 is 0 Å². The van der Waals surface area contributed by atoms with Crippen LogP contribution >= 0.6 is 0 Å². The molecule has 1 fully saturated rings. The van der Waals surface area contributed by atoms with Gasteiger partial charge in [-0.25, -0.2) is 0 Å². The van der Waals surface area contributed by atoms with E-state index in [1.165, 1.54) is 5.56 Å². The molecule has 1 aliphatic heterocycles. The Balaban J connectivity index is 1.89. The van der Waals surface area contributed by atoms with Gasteiger partial charge in [-0.2, -0.15) is 0 Å². The lowest BCUT2D eigenvalue weighted by atomic mass is 9.86. The lowest BCUT2D eigenvalue weighted by molar-refractivity contribution is 0.0349. The molecule has 0 radical (unpaired) electrons. The van der Waals surface area contributed by atoms with Crippen molar-refractivity contribution in [2.75, 3.05) is 19.8 Å². The molecule has 1 aromatic rings. The zero-order valence-electron chi connectivity index (χ0n) is 12.2. The average Bonchev–Trinajstić information content (AvgIpc) is 2.88. The van der Waals surface area contributed by atoms with E-state index in [2.05, 4.69) is 45.0 Å². The van der Waals surface area contributed by atoms with Crippen LogP contribution in [0.5, 0.6) is 0 Å². The number of hydrogen-bond donors (Lipinski definition) is 1. The van der Waals surface area contributed by atoms with Crippen LogP contribution in [0.15, 0.2) is 24.3 Å². The van der Waals surface area contributed by atoms with Gasteiger partial charge in [-0.05, 0) is 23.0 Å². The maximum Gasteiger partial charge on any atom is 0.0831 e. The van der Waals surface area contributed by atoms with Crippen LogP contribution in [0.2, 0.25) is 0 Å². The van der Waals surface area contributed by atoms with Crippen molar-refractivity contribution in [3.05, 3.63) is 35.4 Å². The van der Waals surface area contributed by atoms with Crippen molar-refractivity contribution in [2.45, 2.75) is 44.8 Å². The van der Waals surface area contributed by atoms with Crippen molar-refractivity contribution < 1.29 is 9.47 Å². The van der Waals surface area contributed by atoms with Gasteiger partial charge in [0, 0.05) is 6.61 Å². The maximum absolute atomic E-state index is 6.17. The van der Waals surface area contributed by atoms with E-state index < -0.39 is 0 Å². The quantitative estimate of drug-likeness (QED) is 0.908. The van der Waals surface area contributed by atoms with Crippen LogP contribution in [0.25, 0.3) is 0 Å². The summed E-state index contributed by atoms with van der Waals surface area (Å²) in [7, 11) is 0. The van der Waals surface area contributed by atoms with Gasteiger partial charge in [-0.3, -0.25) is 0 Å². The zero-order chi connectivity index (χ0) is 13.9. The molecule has 1 saturated heterocycles. The third kappa shape index (κ3) is 4.03. The second-order valence-electron chi connectivity index (χ2n) is 6.30. The molecule has 106 valence electrons. The van der Waals surface area contributed by atoms with Crippen molar-refractivity contribution in [3.63, 3.8) is 0 Å². The average molecular weight is 263 g/mol. The summed E-state index contributed by atoms with van der Waals surface area (Å²) in [6, 6.07) is 8.48. The van der Waals surface area contributed by atoms with E-state index in [0.29, 0.717) is 13.2 Å². The fourth-order valence-electron chi connectivity index (χ4n) is 2.21. The van der Waals surface area contributed by atoms with Gasteiger partial charge in [0.25, 0.3) is 0 Å². The van der Waals surface area contributed by atoms with Crippen molar-refractivity contribution in [2.24, 2.45) is 5.73 Å². The van der Waals surface area contributed by atoms with Crippen LogP contribution in [0, 0.1) is 0 Å². The minimum absolute atomic E-state index is 0.0605. The summed E-state index contributed by atoms with van der Waals surface area (Å²) in [6.07, 6.45) is 1.20. The first kappa shape index (κ1) is 14.5. The third-order valence-electron chi connectivity index (χ3n) is 3.60. The Labute approximate surface area is 116 Å². The fourth-order valence-corrected chi connectivity index (χ4v) is 2.21. The molecule has 1 heterocycles. The highest BCUT2D eigenvalue weighted by Gasteiger charge is 2.18. The van der Waals surface area contributed by atoms with E-state index >= 15 is 0 Å². The SMILES string of the molecule is CC(C)(C)c1ccc(C(N)COC2CCOC2)cc1. The summed E-state index contributed by atoms with van der Waals surface area (Å²) in [5.41, 5.74) is 8.81. The monoisotopic (exact) mass is 263 g/mol. The van der Waals surface area contributed by atoms with Crippen LogP contribution in [-0.2, 0) is 14.9 Å². The van der Waals surface area contributed by atoms with Crippen molar-refractivity contribution >= 4 is 0 Å². The summed E-state index contributed by atoms with van der Waals surface area (Å²) < 4.78 is 11.0. The number of benzene rings is 1. The molecular weight excluding hydrogens is 238 g/mol. The molecule has 1 aliphatic rings. The van der Waals surface area contributed by atoms with Gasteiger partial charge in [0.15, 0.2) is 0 Å². The number of hydrogen-bond acceptors (Lipinski definition) is 3. The molecule has 2 rings (SSSR count). The number of rotatable bonds is 4. The molecule has 2 N–H and O–H groups in total. The molecule has 3 heteroatoms. The van der Waals surface area contributed by atoms with Crippen molar-refractivity contribution in [1.82, 2.24) is 0 Å². The molecule has 0 amide bonds. The van der Waals surface area contributed by atoms with Gasteiger partial charge in [-0.15, -0.1) is 0 Å². The summed E-state index contributed by atoms with van der Waals surface area (Å²) in [6.45, 7) is 8.71. The van der Waals surface area contributed by atoms with Gasteiger partial charge in [-0.1, -0.05) is 45.0 Å². The molecule has 0 spiro atoms. The van der Waals surface area contributed by atoms with E-state index in [4.69, 9.17) is 15.2 Å². The predicted molar refractivity (Wildman–Crippen MR) is 77.2 cm³/mol. The van der Waals surface area contributed by atoms with Crippen LogP contribution < -0.4 is 5.73 Å². The van der Waals surface area contributed by atoms with Crippen LogP contribution in [-0.4, -0.2) is 25.9 Å². The second kappa shape index (κ2) is 6.04. The summed E-state index contributed by atoms with van der Waals surface area (Å²) in [5.74, 6) is 0. The van der Waals surface area contributed by atoms with E-state index in [0.717, 1.165) is 18.6 Å². The third-order valence-corrected chi connectivity index (χ3v) is 3.60. The largest absolute Gasteiger partial charge is 0.379 e. The van der Waals surface area contributed by atoms with Gasteiger partial charge in [0.2, 0.25) is 0 Å². The lowest BCUT2D eigenvalue weighted by Crippen LogP contribution is -2.22. The van der Waals surface area contributed by atoms with Crippen molar-refractivity contribution in [3.8, 4) is 0 Å². The van der Waals surface area contributed by atoms with E-state index in [-0.39, 0.29) is 17.6 Å². The Morgan fingerprint density at radius 1 is 1.32 bits per heavy atom. The maximum atomic E-state index is 6.17. The van der Waals surface area contributed by atoms with Gasteiger partial charge in [0.1, 0.15) is 0 Å². The zero-order valence-corrected chi connectivity index (χ0v) is 12.2. The normalized spacial score (nSPS) is 21.6. The molecule has 0 aromatic heterocycles. The Kier molecular flexibility index (Phi) is 4.61. The molecule has 0 saturated carbocycles. The lowest BCUT2D eigenvalue weighted by Gasteiger charge is -2.20. The Hall–Kier alpha value is -0.900. The molecule has 0 aliphatic carbocycles. The van der Waals surface area contributed by atoms with E-state index in [1.807, 2.05) is 0 Å². The number of ether oxygens (including phenoxy) is 2. The van der Waals surface area contributed by atoms with Crippen LogP contribution in [0.1, 0.15) is 44.4 Å². The van der Waals surface area contributed by atoms with Gasteiger partial charge in [0.05, 0.1) is 25.4 Å². The highest BCUT2D eigenvalue weighted by atomic mass is 16.5. The Morgan fingerprint density at radius 2 is 2.00 bits per heavy atom. The molecule has 19 heavy (non-hydrogen) atoms. The first-order chi connectivity index (χ1) is 8.97. The van der Waals surface area contributed by atoms with Crippen LogP contribution in [0.3, 0.4) is 0 Å². The van der Waals surface area contributed by atoms with E-state index in [9.17, 15) is 0 Å². The van der Waals surface area contributed by atoms with Crippen molar-refractivity contribution in [1.29, 1.82) is 0 Å². The molecule has 2 unspecified atom stereocenters. The topological polar surface area (TPSA) is 44.5 Å². The smallest absolute Gasteiger partial charge is 0.0831 e. The molecule has 2 atom stereocenters. The highest BCUT2D eigenvalue weighted by molar-refractivity contribution is 5.29. The van der Waals surface area contributed by atoms with Gasteiger partial charge < -0.3 is 15.2 Å². The second-order valence-corrected chi connectivity index (χ2v) is 6.30. The predicted octanol–water partition coefficient (Wildman–Crippen LogP) is 2.79. The minimum atomic E-state index is -0.0605. The molecular formula is C16H25NO2. The molecule has 1 aromatic carbocycles. The molecule has 3 nitrogen and oxygen atoms in total. The minimum Gasteiger partial charge on any atom is -0.379 e. The standard InChI is InChI=1S/C16H25NO2/c1-16(2,3)13-6-4-12(5-7-13)15(17)11-19-14-8-9-18-10-14/h4-7,14-15H,8-11,17H2,1-3H3. The molecule has 0 bridgehead atoms. The Morgan fingerprint density at radius 3 is 2.53 bits per heavy atom. The summed E-state index contributed by atoms with van der Waals surface area (Å²) >= 11 is 0. The fraction of sp³-hybridized carbons (Fsp3) is 0.625.